The van der Waals surface area contributed by atoms with Crippen LogP contribution in [0.15, 0.2) is 26.0 Å². The molecule has 1 unspecified atom stereocenters. The molecule has 0 aromatic heterocycles. The highest BCUT2D eigenvalue weighted by Crippen LogP contribution is 2.32. The number of hydrogen-bond donors (Lipinski definition) is 1. The fourth-order valence-corrected chi connectivity index (χ4v) is 5.96. The minimum absolute atomic E-state index is 0.0285. The fraction of sp³-hybridized carbons (Fsp3) is 0.571. The summed E-state index contributed by atoms with van der Waals surface area (Å²) in [6.07, 6.45) is 1.92. The van der Waals surface area contributed by atoms with Crippen LogP contribution >= 0.6 is 31.9 Å². The normalized spacial score (nSPS) is 20.0. The maximum Gasteiger partial charge on any atom is 0.244 e. The summed E-state index contributed by atoms with van der Waals surface area (Å²) in [4.78, 5) is 0.326. The van der Waals surface area contributed by atoms with Gasteiger partial charge in [-0.3, -0.25) is 0 Å². The molecule has 1 heterocycles. The predicted molar refractivity (Wildman–Crippen MR) is 92.0 cm³/mol. The molecule has 0 saturated carbocycles. The Kier molecular flexibility index (Phi) is 5.87. The van der Waals surface area contributed by atoms with Gasteiger partial charge in [0.25, 0.3) is 0 Å². The lowest BCUT2D eigenvalue weighted by Crippen LogP contribution is -2.48. The molecule has 1 aliphatic heterocycles. The Morgan fingerprint density at radius 1 is 1.33 bits per heavy atom. The van der Waals surface area contributed by atoms with Gasteiger partial charge in [-0.15, -0.1) is 0 Å². The first-order valence-electron chi connectivity index (χ1n) is 7.06. The summed E-state index contributed by atoms with van der Waals surface area (Å²) in [5, 5.41) is 3.28. The maximum absolute atomic E-state index is 13.0. The number of aryl methyl sites for hydroxylation is 1. The van der Waals surface area contributed by atoms with E-state index in [2.05, 4.69) is 37.2 Å². The Morgan fingerprint density at radius 3 is 2.62 bits per heavy atom. The summed E-state index contributed by atoms with van der Waals surface area (Å²) in [6, 6.07) is 3.55. The van der Waals surface area contributed by atoms with Gasteiger partial charge in [0.05, 0.1) is 4.90 Å². The molecule has 0 spiro atoms. The highest BCUT2D eigenvalue weighted by molar-refractivity contribution is 9.11. The number of piperidine rings is 1. The van der Waals surface area contributed by atoms with Crippen molar-refractivity contribution in [2.45, 2.75) is 37.6 Å². The Morgan fingerprint density at radius 2 is 2.05 bits per heavy atom. The smallest absolute Gasteiger partial charge is 0.244 e. The molecule has 0 amide bonds. The van der Waals surface area contributed by atoms with E-state index >= 15 is 0 Å². The SMILES string of the molecule is CCN(C1CCCNC1)S(=O)(=O)c1cc(Br)c(C)cc1Br. The molecular weight excluding hydrogens is 420 g/mol. The first kappa shape index (κ1) is 17.4. The average Bonchev–Trinajstić information content (AvgIpc) is 2.44. The molecule has 2 rings (SSSR count). The van der Waals surface area contributed by atoms with Crippen molar-refractivity contribution in [3.8, 4) is 0 Å². The van der Waals surface area contributed by atoms with Crippen molar-refractivity contribution in [1.82, 2.24) is 9.62 Å². The maximum atomic E-state index is 13.0. The fourth-order valence-electron chi connectivity index (χ4n) is 2.66. The molecule has 7 heteroatoms. The molecule has 1 aromatic rings. The van der Waals surface area contributed by atoms with Gasteiger partial charge in [-0.1, -0.05) is 22.9 Å². The van der Waals surface area contributed by atoms with E-state index in [1.807, 2.05) is 19.9 Å². The molecule has 1 fully saturated rings. The monoisotopic (exact) mass is 438 g/mol. The van der Waals surface area contributed by atoms with Gasteiger partial charge >= 0.3 is 0 Å². The number of rotatable bonds is 4. The highest BCUT2D eigenvalue weighted by atomic mass is 79.9. The summed E-state index contributed by atoms with van der Waals surface area (Å²) in [5.41, 5.74) is 1.00. The molecule has 21 heavy (non-hydrogen) atoms. The summed E-state index contributed by atoms with van der Waals surface area (Å²) in [6.45, 7) is 6.00. The molecule has 118 valence electrons. The van der Waals surface area contributed by atoms with Gasteiger partial charge in [-0.25, -0.2) is 8.42 Å². The minimum atomic E-state index is -3.50. The van der Waals surface area contributed by atoms with Crippen LogP contribution in [0.25, 0.3) is 0 Å². The lowest BCUT2D eigenvalue weighted by molar-refractivity contribution is 0.274. The number of hydrogen-bond acceptors (Lipinski definition) is 3. The van der Waals surface area contributed by atoms with E-state index in [1.165, 1.54) is 0 Å². The first-order valence-corrected chi connectivity index (χ1v) is 10.1. The van der Waals surface area contributed by atoms with Crippen molar-refractivity contribution >= 4 is 41.9 Å². The number of halogens is 2. The zero-order valence-electron chi connectivity index (χ0n) is 12.2. The van der Waals surface area contributed by atoms with Crippen molar-refractivity contribution in [2.24, 2.45) is 0 Å². The molecule has 1 saturated heterocycles. The molecule has 4 nitrogen and oxygen atoms in total. The molecule has 1 aliphatic rings. The van der Waals surface area contributed by atoms with Crippen molar-refractivity contribution in [3.05, 3.63) is 26.6 Å². The topological polar surface area (TPSA) is 49.4 Å². The molecular formula is C14H20Br2N2O2S. The number of likely N-dealkylation sites (N-methyl/N-ethyl adjacent to an activating group) is 1. The second-order valence-electron chi connectivity index (χ2n) is 5.24. The summed E-state index contributed by atoms with van der Waals surface area (Å²) < 4.78 is 29.0. The van der Waals surface area contributed by atoms with Crippen molar-refractivity contribution < 1.29 is 8.42 Å². The second-order valence-corrected chi connectivity index (χ2v) is 8.81. The van der Waals surface area contributed by atoms with Crippen molar-refractivity contribution in [1.29, 1.82) is 0 Å². The van der Waals surface area contributed by atoms with E-state index in [4.69, 9.17) is 0 Å². The Labute approximate surface area is 143 Å². The zero-order chi connectivity index (χ0) is 15.6. The third-order valence-electron chi connectivity index (χ3n) is 3.79. The highest BCUT2D eigenvalue weighted by Gasteiger charge is 2.32. The predicted octanol–water partition coefficient (Wildman–Crippen LogP) is 3.28. The Balaban J connectivity index is 2.41. The second kappa shape index (κ2) is 7.08. The first-order chi connectivity index (χ1) is 9.87. The van der Waals surface area contributed by atoms with E-state index in [9.17, 15) is 8.42 Å². The van der Waals surface area contributed by atoms with E-state index in [-0.39, 0.29) is 6.04 Å². The van der Waals surface area contributed by atoms with Gasteiger partial charge in [-0.05, 0) is 59.9 Å². The van der Waals surface area contributed by atoms with Crippen LogP contribution in [0.3, 0.4) is 0 Å². The van der Waals surface area contributed by atoms with Gasteiger partial charge in [-0.2, -0.15) is 4.31 Å². The van der Waals surface area contributed by atoms with Gasteiger partial charge in [0.15, 0.2) is 0 Å². The number of nitrogens with one attached hydrogen (secondary N) is 1. The average molecular weight is 440 g/mol. The molecule has 0 radical (unpaired) electrons. The summed E-state index contributed by atoms with van der Waals surface area (Å²) in [5.74, 6) is 0. The zero-order valence-corrected chi connectivity index (χ0v) is 16.2. The van der Waals surface area contributed by atoms with Crippen LogP contribution in [0.1, 0.15) is 25.3 Å². The Bertz CT molecular complexity index is 614. The van der Waals surface area contributed by atoms with Crippen LogP contribution in [-0.4, -0.2) is 38.4 Å². The van der Waals surface area contributed by atoms with Crippen LogP contribution in [0.4, 0.5) is 0 Å². The van der Waals surface area contributed by atoms with Gasteiger partial charge in [0, 0.05) is 28.1 Å². The molecule has 0 aliphatic carbocycles. The van der Waals surface area contributed by atoms with E-state index in [0.29, 0.717) is 15.9 Å². The molecule has 1 N–H and O–H groups in total. The van der Waals surface area contributed by atoms with Crippen molar-refractivity contribution in [3.63, 3.8) is 0 Å². The quantitative estimate of drug-likeness (QED) is 0.782. The summed E-state index contributed by atoms with van der Waals surface area (Å²) in [7, 11) is -3.50. The van der Waals surface area contributed by atoms with E-state index < -0.39 is 10.0 Å². The standard InChI is InChI=1S/C14H20Br2N2O2S/c1-3-18(11-5-4-6-17-9-11)21(19,20)14-8-12(15)10(2)7-13(14)16/h7-8,11,17H,3-6,9H2,1-2H3. The van der Waals surface area contributed by atoms with E-state index in [0.717, 1.165) is 36.0 Å². The van der Waals surface area contributed by atoms with Crippen LogP contribution < -0.4 is 5.32 Å². The number of sulfonamides is 1. The van der Waals surface area contributed by atoms with Gasteiger partial charge in [0.2, 0.25) is 10.0 Å². The third-order valence-corrected chi connectivity index (χ3v) is 7.63. The summed E-state index contributed by atoms with van der Waals surface area (Å²) >= 11 is 6.82. The largest absolute Gasteiger partial charge is 0.315 e. The lowest BCUT2D eigenvalue weighted by atomic mass is 10.1. The van der Waals surface area contributed by atoms with Gasteiger partial charge < -0.3 is 5.32 Å². The lowest BCUT2D eigenvalue weighted by Gasteiger charge is -2.33. The number of benzene rings is 1. The van der Waals surface area contributed by atoms with Crippen LogP contribution in [0, 0.1) is 6.92 Å². The van der Waals surface area contributed by atoms with Crippen molar-refractivity contribution in [2.75, 3.05) is 19.6 Å². The van der Waals surface area contributed by atoms with E-state index in [1.54, 1.807) is 10.4 Å². The van der Waals surface area contributed by atoms with Crippen LogP contribution in [-0.2, 0) is 10.0 Å². The third kappa shape index (κ3) is 3.69. The molecule has 1 aromatic carbocycles. The molecule has 1 atom stereocenters. The Hall–Kier alpha value is 0.0500. The minimum Gasteiger partial charge on any atom is -0.315 e. The molecule has 0 bridgehead atoms. The number of nitrogens with zero attached hydrogens (tertiary/aromatic N) is 1. The van der Waals surface area contributed by atoms with Crippen LogP contribution in [0.5, 0.6) is 0 Å². The van der Waals surface area contributed by atoms with Gasteiger partial charge in [0.1, 0.15) is 0 Å². The van der Waals surface area contributed by atoms with Crippen LogP contribution in [0.2, 0.25) is 0 Å².